The number of carbonyl (C=O) groups excluding carboxylic acids is 2. The predicted octanol–water partition coefficient (Wildman–Crippen LogP) is 0.845. The van der Waals surface area contributed by atoms with E-state index in [9.17, 15) is 9.59 Å². The number of hydrogen-bond acceptors (Lipinski definition) is 3. The molecule has 0 unspecified atom stereocenters. The fourth-order valence-corrected chi connectivity index (χ4v) is 2.50. The van der Waals surface area contributed by atoms with E-state index < -0.39 is 0 Å². The standard InChI is InChI=1S/C14H27N3O2/c1-15-10-9-13(18)16(2)11-14(19)17(3)12-7-5-4-6-8-12/h12,15H,4-11H2,1-3H3. The summed E-state index contributed by atoms with van der Waals surface area (Å²) in [5.41, 5.74) is 0. The molecule has 0 aromatic carbocycles. The molecule has 1 saturated carbocycles. The summed E-state index contributed by atoms with van der Waals surface area (Å²) in [6, 6.07) is 0.363. The molecule has 0 spiro atoms. The van der Waals surface area contributed by atoms with Crippen LogP contribution >= 0.6 is 0 Å². The summed E-state index contributed by atoms with van der Waals surface area (Å²) in [5, 5.41) is 2.94. The van der Waals surface area contributed by atoms with Crippen molar-refractivity contribution in [3.8, 4) is 0 Å². The van der Waals surface area contributed by atoms with Crippen molar-refractivity contribution in [1.82, 2.24) is 15.1 Å². The van der Waals surface area contributed by atoms with Crippen LogP contribution in [0.4, 0.5) is 0 Å². The first kappa shape index (κ1) is 16.0. The van der Waals surface area contributed by atoms with Gasteiger partial charge in [-0.1, -0.05) is 19.3 Å². The third-order valence-electron chi connectivity index (χ3n) is 3.90. The van der Waals surface area contributed by atoms with Gasteiger partial charge in [0.05, 0.1) is 6.54 Å². The molecule has 1 N–H and O–H groups in total. The lowest BCUT2D eigenvalue weighted by molar-refractivity contribution is -0.140. The van der Waals surface area contributed by atoms with Crippen LogP contribution in [0.25, 0.3) is 0 Å². The summed E-state index contributed by atoms with van der Waals surface area (Å²) < 4.78 is 0. The van der Waals surface area contributed by atoms with Crippen molar-refractivity contribution in [2.45, 2.75) is 44.6 Å². The number of nitrogens with zero attached hydrogens (tertiary/aromatic N) is 2. The minimum atomic E-state index is 0.0137. The lowest BCUT2D eigenvalue weighted by Gasteiger charge is -2.32. The number of rotatable bonds is 6. The molecule has 0 aromatic rings. The zero-order valence-electron chi connectivity index (χ0n) is 12.4. The second kappa shape index (κ2) is 8.15. The Morgan fingerprint density at radius 3 is 2.32 bits per heavy atom. The van der Waals surface area contributed by atoms with E-state index in [1.54, 1.807) is 7.05 Å². The van der Waals surface area contributed by atoms with Gasteiger partial charge in [-0.15, -0.1) is 0 Å². The van der Waals surface area contributed by atoms with Gasteiger partial charge in [-0.3, -0.25) is 9.59 Å². The Morgan fingerprint density at radius 1 is 1.11 bits per heavy atom. The Labute approximate surface area is 116 Å². The molecule has 0 radical (unpaired) electrons. The summed E-state index contributed by atoms with van der Waals surface area (Å²) in [4.78, 5) is 27.3. The second-order valence-electron chi connectivity index (χ2n) is 5.40. The summed E-state index contributed by atoms with van der Waals surface area (Å²) in [5.74, 6) is 0.0620. The van der Waals surface area contributed by atoms with Crippen LogP contribution in [0.3, 0.4) is 0 Å². The topological polar surface area (TPSA) is 52.7 Å². The number of amides is 2. The molecule has 0 atom stereocenters. The molecule has 0 aromatic heterocycles. The van der Waals surface area contributed by atoms with E-state index in [0.717, 1.165) is 12.8 Å². The number of hydrogen-bond donors (Lipinski definition) is 1. The number of likely N-dealkylation sites (N-methyl/N-ethyl adjacent to an activating group) is 2. The van der Waals surface area contributed by atoms with Crippen molar-refractivity contribution < 1.29 is 9.59 Å². The summed E-state index contributed by atoms with van der Waals surface area (Å²) in [7, 11) is 5.38. The van der Waals surface area contributed by atoms with E-state index in [0.29, 0.717) is 19.0 Å². The van der Waals surface area contributed by atoms with Crippen LogP contribution in [0.1, 0.15) is 38.5 Å². The molecule has 110 valence electrons. The zero-order valence-corrected chi connectivity index (χ0v) is 12.4. The lowest BCUT2D eigenvalue weighted by atomic mass is 9.94. The van der Waals surface area contributed by atoms with E-state index in [-0.39, 0.29) is 18.4 Å². The third-order valence-corrected chi connectivity index (χ3v) is 3.90. The van der Waals surface area contributed by atoms with Gasteiger partial charge in [-0.25, -0.2) is 0 Å². The first-order valence-electron chi connectivity index (χ1n) is 7.20. The van der Waals surface area contributed by atoms with E-state index in [4.69, 9.17) is 0 Å². The molecule has 0 bridgehead atoms. The van der Waals surface area contributed by atoms with Gasteiger partial charge in [0.1, 0.15) is 0 Å². The molecule has 1 aliphatic carbocycles. The molecule has 19 heavy (non-hydrogen) atoms. The van der Waals surface area contributed by atoms with Crippen LogP contribution in [0.5, 0.6) is 0 Å². The maximum absolute atomic E-state index is 12.1. The van der Waals surface area contributed by atoms with E-state index in [2.05, 4.69) is 5.32 Å². The Hall–Kier alpha value is -1.10. The highest BCUT2D eigenvalue weighted by Crippen LogP contribution is 2.21. The van der Waals surface area contributed by atoms with Crippen molar-refractivity contribution in [2.75, 3.05) is 34.2 Å². The monoisotopic (exact) mass is 269 g/mol. The van der Waals surface area contributed by atoms with Gasteiger partial charge >= 0.3 is 0 Å². The molecule has 5 nitrogen and oxygen atoms in total. The van der Waals surface area contributed by atoms with E-state index in [1.165, 1.54) is 24.2 Å². The number of nitrogens with one attached hydrogen (secondary N) is 1. The Balaban J connectivity index is 2.37. The average Bonchev–Trinajstić information content (AvgIpc) is 2.44. The van der Waals surface area contributed by atoms with Crippen LogP contribution in [0.2, 0.25) is 0 Å². The highest BCUT2D eigenvalue weighted by molar-refractivity contribution is 5.84. The van der Waals surface area contributed by atoms with Gasteiger partial charge in [0, 0.05) is 33.1 Å². The molecule has 1 rings (SSSR count). The average molecular weight is 269 g/mol. The van der Waals surface area contributed by atoms with Crippen LogP contribution in [-0.2, 0) is 9.59 Å². The molecule has 0 aliphatic heterocycles. The second-order valence-corrected chi connectivity index (χ2v) is 5.40. The normalized spacial score (nSPS) is 16.2. The maximum Gasteiger partial charge on any atom is 0.242 e. The molecule has 1 aliphatic rings. The van der Waals surface area contributed by atoms with E-state index in [1.807, 2.05) is 19.0 Å². The number of carbonyl (C=O) groups is 2. The van der Waals surface area contributed by atoms with Gasteiger partial charge in [0.2, 0.25) is 11.8 Å². The van der Waals surface area contributed by atoms with Gasteiger partial charge in [0.15, 0.2) is 0 Å². The summed E-state index contributed by atoms with van der Waals surface area (Å²) >= 11 is 0. The van der Waals surface area contributed by atoms with Gasteiger partial charge in [-0.05, 0) is 19.9 Å². The smallest absolute Gasteiger partial charge is 0.242 e. The quantitative estimate of drug-likeness (QED) is 0.777. The van der Waals surface area contributed by atoms with Crippen molar-refractivity contribution in [3.05, 3.63) is 0 Å². The van der Waals surface area contributed by atoms with Crippen molar-refractivity contribution in [3.63, 3.8) is 0 Å². The van der Waals surface area contributed by atoms with Crippen molar-refractivity contribution in [1.29, 1.82) is 0 Å². The van der Waals surface area contributed by atoms with Gasteiger partial charge in [0.25, 0.3) is 0 Å². The first-order valence-corrected chi connectivity index (χ1v) is 7.20. The molecular formula is C14H27N3O2. The van der Waals surface area contributed by atoms with Crippen LogP contribution < -0.4 is 5.32 Å². The van der Waals surface area contributed by atoms with Gasteiger partial charge < -0.3 is 15.1 Å². The fourth-order valence-electron chi connectivity index (χ4n) is 2.50. The van der Waals surface area contributed by atoms with Crippen LogP contribution in [0.15, 0.2) is 0 Å². The molecule has 5 heteroatoms. The summed E-state index contributed by atoms with van der Waals surface area (Å²) in [6.45, 7) is 0.839. The largest absolute Gasteiger partial charge is 0.341 e. The zero-order chi connectivity index (χ0) is 14.3. The van der Waals surface area contributed by atoms with Crippen molar-refractivity contribution >= 4 is 11.8 Å². The fraction of sp³-hybridized carbons (Fsp3) is 0.857. The Bertz CT molecular complexity index is 301. The minimum Gasteiger partial charge on any atom is -0.341 e. The molecular weight excluding hydrogens is 242 g/mol. The van der Waals surface area contributed by atoms with Gasteiger partial charge in [-0.2, -0.15) is 0 Å². The van der Waals surface area contributed by atoms with E-state index >= 15 is 0 Å². The lowest BCUT2D eigenvalue weighted by Crippen LogP contribution is -2.44. The molecule has 2 amide bonds. The third kappa shape index (κ3) is 5.19. The maximum atomic E-state index is 12.1. The van der Waals surface area contributed by atoms with Crippen molar-refractivity contribution in [2.24, 2.45) is 0 Å². The molecule has 0 heterocycles. The first-order chi connectivity index (χ1) is 9.06. The SMILES string of the molecule is CNCCC(=O)N(C)CC(=O)N(C)C1CCCCC1. The predicted molar refractivity (Wildman–Crippen MR) is 75.8 cm³/mol. The van der Waals surface area contributed by atoms with Crippen LogP contribution in [0, 0.1) is 0 Å². The van der Waals surface area contributed by atoms with Crippen LogP contribution in [-0.4, -0.2) is 61.9 Å². The Kier molecular flexibility index (Phi) is 6.84. The summed E-state index contributed by atoms with van der Waals surface area (Å²) in [6.07, 6.45) is 6.33. The molecule has 0 saturated heterocycles. The Morgan fingerprint density at radius 2 is 1.74 bits per heavy atom. The molecule has 1 fully saturated rings. The highest BCUT2D eigenvalue weighted by atomic mass is 16.2. The highest BCUT2D eigenvalue weighted by Gasteiger charge is 2.23. The minimum absolute atomic E-state index is 0.0137.